The summed E-state index contributed by atoms with van der Waals surface area (Å²) in [5, 5.41) is 8.40. The molecule has 0 aromatic rings. The highest BCUT2D eigenvalue weighted by Crippen LogP contribution is 2.03. The van der Waals surface area contributed by atoms with E-state index in [4.69, 9.17) is 5.11 Å². The minimum atomic E-state index is -2.19. The van der Waals surface area contributed by atoms with Crippen LogP contribution in [0.1, 0.15) is 12.8 Å². The normalized spacial score (nSPS) is 10.7. The van der Waals surface area contributed by atoms with Crippen LogP contribution in [-0.2, 0) is 10.7 Å². The zero-order chi connectivity index (χ0) is 8.53. The summed E-state index contributed by atoms with van der Waals surface area (Å²) in [5.41, 5.74) is 0. The van der Waals surface area contributed by atoms with Gasteiger partial charge in [-0.05, 0) is 24.3 Å². The van der Waals surface area contributed by atoms with Crippen molar-refractivity contribution in [1.29, 1.82) is 0 Å². The van der Waals surface area contributed by atoms with Crippen LogP contribution < -0.4 is 0 Å². The molecule has 0 aliphatic heterocycles. The fourth-order valence-electron chi connectivity index (χ4n) is 0.564. The number of hydrogen-bond acceptors (Lipinski definition) is 4. The molecule has 0 aromatic heterocycles. The second-order valence-corrected chi connectivity index (χ2v) is 4.44. The van der Waals surface area contributed by atoms with Crippen molar-refractivity contribution in [3.8, 4) is 0 Å². The summed E-state index contributed by atoms with van der Waals surface area (Å²) in [7, 11) is -2.19. The van der Waals surface area contributed by atoms with Crippen molar-refractivity contribution in [2.24, 2.45) is 0 Å². The largest absolute Gasteiger partial charge is 0.396 e. The Balaban J connectivity index is 2.90. The van der Waals surface area contributed by atoms with Crippen LogP contribution in [0.3, 0.4) is 0 Å². The van der Waals surface area contributed by atoms with Gasteiger partial charge in [-0.1, -0.05) is 0 Å². The third-order valence-corrected chi connectivity index (χ3v) is 2.91. The second kappa shape index (κ2) is 8.36. The quantitative estimate of drug-likeness (QED) is 0.450. The highest BCUT2D eigenvalue weighted by molar-refractivity contribution is 7.99. The Morgan fingerprint density at radius 1 is 1.18 bits per heavy atom. The summed E-state index contributed by atoms with van der Waals surface area (Å²) in [6, 6.07) is 0. The highest BCUT2D eigenvalue weighted by Gasteiger charge is 1.90. The van der Waals surface area contributed by atoms with Gasteiger partial charge in [-0.25, -0.2) is 8.42 Å². The van der Waals surface area contributed by atoms with E-state index >= 15 is 0 Å². The smallest absolute Gasteiger partial charge is 0.140 e. The molecule has 0 heterocycles. The first-order valence-corrected chi connectivity index (χ1v) is 6.09. The molecule has 0 aromatic carbocycles. The number of aliphatic hydroxyl groups excluding tert-OH is 1. The molecule has 68 valence electrons. The third kappa shape index (κ3) is 10.3. The van der Waals surface area contributed by atoms with E-state index in [1.54, 1.807) is 11.8 Å². The van der Waals surface area contributed by atoms with Gasteiger partial charge in [0.15, 0.2) is 0 Å². The monoisotopic (exact) mass is 198 g/mol. The Morgan fingerprint density at radius 2 is 1.82 bits per heavy atom. The molecule has 0 rings (SSSR count). The van der Waals surface area contributed by atoms with E-state index in [0.29, 0.717) is 5.75 Å². The zero-order valence-electron chi connectivity index (χ0n) is 6.36. The molecule has 3 nitrogen and oxygen atoms in total. The Labute approximate surface area is 73.1 Å². The van der Waals surface area contributed by atoms with E-state index in [-0.39, 0.29) is 6.61 Å². The van der Waals surface area contributed by atoms with Gasteiger partial charge in [0.25, 0.3) is 0 Å². The fourth-order valence-corrected chi connectivity index (χ4v) is 2.08. The summed E-state index contributed by atoms with van der Waals surface area (Å²) in [5.74, 6) is 2.09. The van der Waals surface area contributed by atoms with Crippen LogP contribution in [0.25, 0.3) is 0 Å². The van der Waals surface area contributed by atoms with E-state index in [9.17, 15) is 8.42 Å². The summed E-state index contributed by atoms with van der Waals surface area (Å²) in [4.78, 5) is 0. The predicted octanol–water partition coefficient (Wildman–Crippen LogP) is 0.103. The van der Waals surface area contributed by atoms with Gasteiger partial charge in [-0.3, -0.25) is 0 Å². The molecular weight excluding hydrogens is 184 g/mol. The third-order valence-electron chi connectivity index (χ3n) is 1.08. The number of thiol groups is 1. The molecule has 0 spiro atoms. The van der Waals surface area contributed by atoms with Gasteiger partial charge < -0.3 is 5.11 Å². The minimum absolute atomic E-state index is 0.225. The molecule has 0 aliphatic rings. The van der Waals surface area contributed by atoms with Gasteiger partial charge in [-0.2, -0.15) is 11.8 Å². The number of thioether (sulfide) groups is 1. The first-order valence-electron chi connectivity index (χ1n) is 3.57. The summed E-state index contributed by atoms with van der Waals surface area (Å²) in [6.07, 6.45) is 1.53. The van der Waals surface area contributed by atoms with Gasteiger partial charge in [0.05, 0.1) is 0 Å². The minimum Gasteiger partial charge on any atom is -0.396 e. The molecule has 0 radical (unpaired) electrons. The van der Waals surface area contributed by atoms with Crippen LogP contribution >= 0.6 is 11.8 Å². The van der Waals surface area contributed by atoms with Crippen LogP contribution in [0.4, 0.5) is 0 Å². The molecule has 5 heteroatoms. The molecular formula is C6H14O3S2. The maximum Gasteiger partial charge on any atom is 0.140 e. The molecule has 0 aliphatic carbocycles. The molecule has 0 unspecified atom stereocenters. The summed E-state index contributed by atoms with van der Waals surface area (Å²) in [6.45, 7) is 0.225. The summed E-state index contributed by atoms with van der Waals surface area (Å²) < 4.78 is 20.2. The maximum atomic E-state index is 10.1. The van der Waals surface area contributed by atoms with Crippen molar-refractivity contribution in [3.05, 3.63) is 0 Å². The molecule has 0 bridgehead atoms. The molecule has 11 heavy (non-hydrogen) atoms. The predicted molar refractivity (Wildman–Crippen MR) is 48.8 cm³/mol. The van der Waals surface area contributed by atoms with Gasteiger partial charge in [-0.15, -0.1) is 0 Å². The van der Waals surface area contributed by atoms with Gasteiger partial charge >= 0.3 is 0 Å². The molecule has 0 saturated heterocycles. The molecule has 0 saturated carbocycles. The molecule has 0 atom stereocenters. The maximum absolute atomic E-state index is 10.1. The Bertz CT molecular complexity index is 137. The summed E-state index contributed by atoms with van der Waals surface area (Å²) >= 11 is 1.69. The molecule has 0 fully saturated rings. The van der Waals surface area contributed by atoms with Gasteiger partial charge in [0, 0.05) is 12.4 Å². The second-order valence-electron chi connectivity index (χ2n) is 2.10. The van der Waals surface area contributed by atoms with Gasteiger partial charge in [0.1, 0.15) is 10.7 Å². The lowest BCUT2D eigenvalue weighted by Crippen LogP contribution is -1.92. The number of rotatable bonds is 7. The number of aliphatic hydroxyl groups is 1. The Kier molecular flexibility index (Phi) is 8.56. The van der Waals surface area contributed by atoms with Crippen LogP contribution in [-0.4, -0.2) is 37.4 Å². The van der Waals surface area contributed by atoms with Crippen molar-refractivity contribution in [3.63, 3.8) is 0 Å². The Hall–Kier alpha value is 0.260. The van der Waals surface area contributed by atoms with E-state index < -0.39 is 10.7 Å². The lowest BCUT2D eigenvalue weighted by atomic mass is 10.5. The van der Waals surface area contributed by atoms with E-state index in [1.165, 1.54) is 0 Å². The van der Waals surface area contributed by atoms with Crippen LogP contribution in [0, 0.1) is 0 Å². The first-order chi connectivity index (χ1) is 5.27. The van der Waals surface area contributed by atoms with Crippen molar-refractivity contribution in [1.82, 2.24) is 0 Å². The van der Waals surface area contributed by atoms with E-state index in [2.05, 4.69) is 0 Å². The van der Waals surface area contributed by atoms with Crippen LogP contribution in [0.5, 0.6) is 0 Å². The average molecular weight is 198 g/mol. The van der Waals surface area contributed by atoms with Crippen LogP contribution in [0.2, 0.25) is 0 Å². The fraction of sp³-hybridized carbons (Fsp3) is 1.00. The van der Waals surface area contributed by atoms with Crippen molar-refractivity contribution in [2.75, 3.05) is 23.9 Å². The van der Waals surface area contributed by atoms with E-state index in [1.807, 2.05) is 0 Å². The topological polar surface area (TPSA) is 54.4 Å². The lowest BCUT2D eigenvalue weighted by molar-refractivity contribution is 0.296. The van der Waals surface area contributed by atoms with Gasteiger partial charge in [0.2, 0.25) is 0 Å². The first kappa shape index (κ1) is 11.3. The van der Waals surface area contributed by atoms with Crippen LogP contribution in [0.15, 0.2) is 0 Å². The molecule has 1 N–H and O–H groups in total. The number of hydrogen-bond donors (Lipinski definition) is 2. The van der Waals surface area contributed by atoms with Crippen molar-refractivity contribution < 1.29 is 13.5 Å². The highest BCUT2D eigenvalue weighted by atomic mass is 32.2. The zero-order valence-corrected chi connectivity index (χ0v) is 8.07. The average Bonchev–Trinajstić information content (AvgIpc) is 1.96. The van der Waals surface area contributed by atoms with Crippen molar-refractivity contribution in [2.45, 2.75) is 12.8 Å². The Morgan fingerprint density at radius 3 is 2.36 bits per heavy atom. The standard InChI is InChI=1S/C6H14O3S2/c7-3-1-4-10-5-2-6-11(8)9/h7,11H,1-6H2. The molecule has 0 amide bonds. The SMILES string of the molecule is O=[SH](=O)CCCSCCCO. The van der Waals surface area contributed by atoms with Crippen molar-refractivity contribution >= 4 is 22.5 Å². The van der Waals surface area contributed by atoms with E-state index in [0.717, 1.165) is 24.3 Å². The lowest BCUT2D eigenvalue weighted by Gasteiger charge is -1.96.